The second kappa shape index (κ2) is 6.98. The van der Waals surface area contributed by atoms with Gasteiger partial charge in [-0.2, -0.15) is 4.31 Å². The molecule has 0 saturated carbocycles. The zero-order valence-electron chi connectivity index (χ0n) is 14.5. The van der Waals surface area contributed by atoms with Gasteiger partial charge in [0.25, 0.3) is 0 Å². The predicted octanol–water partition coefficient (Wildman–Crippen LogP) is 4.22. The van der Waals surface area contributed by atoms with Gasteiger partial charge < -0.3 is 4.74 Å². The maximum atomic E-state index is 13.4. The third-order valence-electron chi connectivity index (χ3n) is 4.70. The van der Waals surface area contributed by atoms with Crippen LogP contribution >= 0.6 is 11.3 Å². The average Bonchev–Trinajstić information content (AvgIpc) is 3.12. The highest BCUT2D eigenvalue weighted by atomic mass is 32.2. The minimum Gasteiger partial charge on any atom is -0.495 e. The molecule has 0 aliphatic carbocycles. The fraction of sp³-hybridized carbons (Fsp3) is 0.316. The summed E-state index contributed by atoms with van der Waals surface area (Å²) in [6.45, 7) is 0.501. The molecule has 0 spiro atoms. The van der Waals surface area contributed by atoms with Crippen molar-refractivity contribution in [2.24, 2.45) is 0 Å². The van der Waals surface area contributed by atoms with Gasteiger partial charge in [-0.25, -0.2) is 13.4 Å². The van der Waals surface area contributed by atoms with Crippen LogP contribution in [0.15, 0.2) is 53.4 Å². The summed E-state index contributed by atoms with van der Waals surface area (Å²) in [5, 5.41) is 0.865. The van der Waals surface area contributed by atoms with Crippen LogP contribution in [0.25, 0.3) is 10.2 Å². The number of methoxy groups -OCH3 is 1. The van der Waals surface area contributed by atoms with Gasteiger partial charge in [0.1, 0.15) is 15.7 Å². The van der Waals surface area contributed by atoms with Crippen molar-refractivity contribution in [3.8, 4) is 5.75 Å². The highest BCUT2D eigenvalue weighted by Gasteiger charge is 2.37. The van der Waals surface area contributed by atoms with Gasteiger partial charge in [0, 0.05) is 6.54 Å². The molecule has 5 nitrogen and oxygen atoms in total. The molecule has 0 N–H and O–H groups in total. The Bertz CT molecular complexity index is 997. The number of fused-ring (bicyclic) bond motifs is 1. The van der Waals surface area contributed by atoms with Crippen molar-refractivity contribution in [1.29, 1.82) is 0 Å². The van der Waals surface area contributed by atoms with Gasteiger partial charge >= 0.3 is 0 Å². The first-order valence-corrected chi connectivity index (χ1v) is 10.9. The largest absolute Gasteiger partial charge is 0.495 e. The number of sulfonamides is 1. The van der Waals surface area contributed by atoms with Crippen molar-refractivity contribution in [2.45, 2.75) is 30.2 Å². The van der Waals surface area contributed by atoms with Crippen LogP contribution in [0.2, 0.25) is 0 Å². The second-order valence-corrected chi connectivity index (χ2v) is 9.22. The first-order chi connectivity index (χ1) is 12.6. The molecule has 26 heavy (non-hydrogen) atoms. The Hall–Kier alpha value is -1.96. The fourth-order valence-electron chi connectivity index (χ4n) is 3.43. The van der Waals surface area contributed by atoms with Gasteiger partial charge in [-0.15, -0.1) is 11.3 Å². The Kier molecular flexibility index (Phi) is 4.69. The minimum atomic E-state index is -3.66. The molecule has 4 rings (SSSR count). The van der Waals surface area contributed by atoms with Crippen molar-refractivity contribution in [2.75, 3.05) is 13.7 Å². The highest BCUT2D eigenvalue weighted by molar-refractivity contribution is 7.89. The number of rotatable bonds is 4. The molecule has 0 amide bonds. The van der Waals surface area contributed by atoms with Crippen LogP contribution in [0.1, 0.15) is 30.3 Å². The van der Waals surface area contributed by atoms with Gasteiger partial charge in [-0.1, -0.05) is 30.7 Å². The van der Waals surface area contributed by atoms with E-state index < -0.39 is 10.0 Å². The lowest BCUT2D eigenvalue weighted by molar-refractivity contribution is 0.254. The van der Waals surface area contributed by atoms with E-state index in [1.54, 1.807) is 39.9 Å². The predicted molar refractivity (Wildman–Crippen MR) is 103 cm³/mol. The van der Waals surface area contributed by atoms with E-state index in [-0.39, 0.29) is 10.9 Å². The van der Waals surface area contributed by atoms with E-state index in [1.807, 2.05) is 24.3 Å². The number of aromatic nitrogens is 1. The van der Waals surface area contributed by atoms with Crippen molar-refractivity contribution in [3.63, 3.8) is 0 Å². The zero-order chi connectivity index (χ0) is 18.1. The first-order valence-electron chi connectivity index (χ1n) is 8.61. The van der Waals surface area contributed by atoms with E-state index in [0.29, 0.717) is 12.3 Å². The molecular weight excluding hydrogens is 368 g/mol. The SMILES string of the molecule is COc1ccccc1S(=O)(=O)N1CCCCC1c1nc2ccccc2s1. The van der Waals surface area contributed by atoms with E-state index in [1.165, 1.54) is 7.11 Å². The van der Waals surface area contributed by atoms with E-state index in [2.05, 4.69) is 0 Å². The van der Waals surface area contributed by atoms with Crippen LogP contribution in [0.3, 0.4) is 0 Å². The molecule has 2 aromatic carbocycles. The third-order valence-corrected chi connectivity index (χ3v) is 7.79. The fourth-order valence-corrected chi connectivity index (χ4v) is 6.43. The van der Waals surface area contributed by atoms with Crippen molar-refractivity contribution in [3.05, 3.63) is 53.5 Å². The van der Waals surface area contributed by atoms with Crippen LogP contribution in [0.4, 0.5) is 0 Å². The number of benzene rings is 2. The van der Waals surface area contributed by atoms with E-state index >= 15 is 0 Å². The summed E-state index contributed by atoms with van der Waals surface area (Å²) in [4.78, 5) is 4.94. The molecule has 7 heteroatoms. The molecule has 0 radical (unpaired) electrons. The average molecular weight is 389 g/mol. The monoisotopic (exact) mass is 388 g/mol. The Morgan fingerprint density at radius 2 is 1.88 bits per heavy atom. The molecule has 1 saturated heterocycles. The quantitative estimate of drug-likeness (QED) is 0.671. The smallest absolute Gasteiger partial charge is 0.247 e. The molecule has 1 aliphatic rings. The summed E-state index contributed by atoms with van der Waals surface area (Å²) in [6, 6.07) is 14.5. The zero-order valence-corrected chi connectivity index (χ0v) is 16.1. The molecule has 136 valence electrons. The number of nitrogens with zero attached hydrogens (tertiary/aromatic N) is 2. The van der Waals surface area contributed by atoms with Gasteiger partial charge in [0.15, 0.2) is 0 Å². The molecular formula is C19H20N2O3S2. The number of para-hydroxylation sites is 2. The summed E-state index contributed by atoms with van der Waals surface area (Å²) in [5.41, 5.74) is 0.924. The molecule has 1 atom stereocenters. The molecule has 2 heterocycles. The topological polar surface area (TPSA) is 59.5 Å². The van der Waals surface area contributed by atoms with E-state index in [9.17, 15) is 8.42 Å². The Morgan fingerprint density at radius 1 is 1.12 bits per heavy atom. The lowest BCUT2D eigenvalue weighted by Crippen LogP contribution is -2.38. The van der Waals surface area contributed by atoms with E-state index in [0.717, 1.165) is 34.5 Å². The first kappa shape index (κ1) is 17.5. The van der Waals surface area contributed by atoms with Gasteiger partial charge in [-0.05, 0) is 37.1 Å². The lowest BCUT2D eigenvalue weighted by Gasteiger charge is -2.33. The van der Waals surface area contributed by atoms with Gasteiger partial charge in [0.05, 0.1) is 23.4 Å². The van der Waals surface area contributed by atoms with Crippen LogP contribution in [-0.4, -0.2) is 31.4 Å². The Balaban J connectivity index is 1.77. The van der Waals surface area contributed by atoms with Crippen LogP contribution in [-0.2, 0) is 10.0 Å². The number of ether oxygens (including phenoxy) is 1. The second-order valence-electron chi connectivity index (χ2n) is 6.30. The Morgan fingerprint density at radius 3 is 2.69 bits per heavy atom. The molecule has 1 fully saturated rings. The van der Waals surface area contributed by atoms with Crippen LogP contribution in [0.5, 0.6) is 5.75 Å². The van der Waals surface area contributed by atoms with Gasteiger partial charge in [0.2, 0.25) is 10.0 Å². The highest BCUT2D eigenvalue weighted by Crippen LogP contribution is 2.40. The summed E-state index contributed by atoms with van der Waals surface area (Å²) in [5.74, 6) is 0.376. The normalized spacial score (nSPS) is 18.9. The summed E-state index contributed by atoms with van der Waals surface area (Å²) < 4.78 is 34.8. The number of hydrogen-bond acceptors (Lipinski definition) is 5. The maximum absolute atomic E-state index is 13.4. The number of thiazole rings is 1. The molecule has 1 unspecified atom stereocenters. The summed E-state index contributed by atoms with van der Waals surface area (Å²) >= 11 is 1.58. The van der Waals surface area contributed by atoms with Crippen molar-refractivity contribution in [1.82, 2.24) is 9.29 Å². The van der Waals surface area contributed by atoms with Crippen molar-refractivity contribution >= 4 is 31.6 Å². The molecule has 3 aromatic rings. The minimum absolute atomic E-state index is 0.218. The molecule has 0 bridgehead atoms. The standard InChI is InChI=1S/C19H20N2O3S2/c1-24-16-10-3-5-12-18(16)26(22,23)21-13-7-6-9-15(21)19-20-14-8-2-4-11-17(14)25-19/h2-5,8,10-12,15H,6-7,9,13H2,1H3. The van der Waals surface area contributed by atoms with E-state index in [4.69, 9.17) is 9.72 Å². The molecule has 1 aliphatic heterocycles. The third kappa shape index (κ3) is 3.00. The molecule has 1 aromatic heterocycles. The van der Waals surface area contributed by atoms with Crippen molar-refractivity contribution < 1.29 is 13.2 Å². The summed E-state index contributed by atoms with van der Waals surface area (Å²) in [7, 11) is -2.17. The Labute approximate surface area is 157 Å². The van der Waals surface area contributed by atoms with Crippen LogP contribution in [0, 0.1) is 0 Å². The lowest BCUT2D eigenvalue weighted by atomic mass is 10.1. The summed E-state index contributed by atoms with van der Waals surface area (Å²) in [6.07, 6.45) is 2.64. The number of hydrogen-bond donors (Lipinski definition) is 0. The maximum Gasteiger partial charge on any atom is 0.247 e. The number of piperidine rings is 1. The van der Waals surface area contributed by atoms with Crippen LogP contribution < -0.4 is 4.74 Å². The van der Waals surface area contributed by atoms with Gasteiger partial charge in [-0.3, -0.25) is 0 Å².